The first-order valence-electron chi connectivity index (χ1n) is 7.27. The fourth-order valence-electron chi connectivity index (χ4n) is 2.55. The SMILES string of the molecule is CCCc1ncc(C(=O)Nc2ccc3c(c2)N(C)CC3)s1. The third-order valence-electron chi connectivity index (χ3n) is 3.71. The molecule has 2 heterocycles. The number of hydrogen-bond acceptors (Lipinski definition) is 4. The average Bonchev–Trinajstić information content (AvgIpc) is 3.07. The lowest BCUT2D eigenvalue weighted by atomic mass is 10.1. The van der Waals surface area contributed by atoms with Gasteiger partial charge in [-0.2, -0.15) is 0 Å². The normalized spacial score (nSPS) is 13.3. The highest BCUT2D eigenvalue weighted by molar-refractivity contribution is 7.13. The molecule has 1 amide bonds. The number of nitrogens with one attached hydrogen (secondary N) is 1. The summed E-state index contributed by atoms with van der Waals surface area (Å²) < 4.78 is 0. The lowest BCUT2D eigenvalue weighted by Crippen LogP contribution is -2.13. The van der Waals surface area contributed by atoms with Crippen molar-refractivity contribution in [3.05, 3.63) is 39.8 Å². The van der Waals surface area contributed by atoms with Gasteiger partial charge in [0.1, 0.15) is 4.88 Å². The highest BCUT2D eigenvalue weighted by atomic mass is 32.1. The van der Waals surface area contributed by atoms with Crippen molar-refractivity contribution in [3.8, 4) is 0 Å². The van der Waals surface area contributed by atoms with Crippen molar-refractivity contribution >= 4 is 28.6 Å². The maximum absolute atomic E-state index is 12.3. The Balaban J connectivity index is 1.74. The summed E-state index contributed by atoms with van der Waals surface area (Å²) in [6.07, 6.45) is 4.73. The van der Waals surface area contributed by atoms with E-state index < -0.39 is 0 Å². The summed E-state index contributed by atoms with van der Waals surface area (Å²) in [5.41, 5.74) is 3.40. The van der Waals surface area contributed by atoms with Crippen LogP contribution in [0.3, 0.4) is 0 Å². The van der Waals surface area contributed by atoms with Gasteiger partial charge in [0.05, 0.1) is 11.2 Å². The maximum atomic E-state index is 12.3. The lowest BCUT2D eigenvalue weighted by molar-refractivity contribution is 0.103. The van der Waals surface area contributed by atoms with E-state index in [9.17, 15) is 4.79 Å². The molecule has 1 aliphatic rings. The van der Waals surface area contributed by atoms with Crippen LogP contribution in [0.5, 0.6) is 0 Å². The Morgan fingerprint density at radius 2 is 2.33 bits per heavy atom. The van der Waals surface area contributed by atoms with Gasteiger partial charge < -0.3 is 10.2 Å². The standard InChI is InChI=1S/C16H19N3OS/c1-3-4-15-17-10-14(21-15)16(20)18-12-6-5-11-7-8-19(2)13(11)9-12/h5-6,9-10H,3-4,7-8H2,1-2H3,(H,18,20). The first-order valence-corrected chi connectivity index (χ1v) is 8.09. The van der Waals surface area contributed by atoms with Gasteiger partial charge in [0.25, 0.3) is 5.91 Å². The molecule has 5 heteroatoms. The second-order valence-corrected chi connectivity index (χ2v) is 6.45. The fourth-order valence-corrected chi connectivity index (χ4v) is 3.47. The molecule has 3 rings (SSSR count). The zero-order valence-electron chi connectivity index (χ0n) is 12.3. The van der Waals surface area contributed by atoms with Crippen molar-refractivity contribution < 1.29 is 4.79 Å². The number of carbonyl (C=O) groups excluding carboxylic acids is 1. The van der Waals surface area contributed by atoms with Crippen molar-refractivity contribution in [1.29, 1.82) is 0 Å². The molecule has 1 N–H and O–H groups in total. The predicted molar refractivity (Wildman–Crippen MR) is 87.5 cm³/mol. The minimum absolute atomic E-state index is 0.0737. The molecule has 0 saturated heterocycles. The van der Waals surface area contributed by atoms with E-state index in [2.05, 4.69) is 35.2 Å². The molecule has 2 aromatic rings. The number of amides is 1. The zero-order valence-corrected chi connectivity index (χ0v) is 13.2. The molecule has 1 aromatic carbocycles. The van der Waals surface area contributed by atoms with Crippen LogP contribution in [-0.4, -0.2) is 24.5 Å². The molecule has 21 heavy (non-hydrogen) atoms. The monoisotopic (exact) mass is 301 g/mol. The lowest BCUT2D eigenvalue weighted by Gasteiger charge is -2.13. The Kier molecular flexibility index (Phi) is 3.92. The van der Waals surface area contributed by atoms with E-state index in [-0.39, 0.29) is 5.91 Å². The van der Waals surface area contributed by atoms with Gasteiger partial charge in [-0.25, -0.2) is 4.98 Å². The highest BCUT2D eigenvalue weighted by Crippen LogP contribution is 2.29. The number of thiazole rings is 1. The summed E-state index contributed by atoms with van der Waals surface area (Å²) in [5, 5.41) is 3.99. The second kappa shape index (κ2) is 5.85. The molecular weight excluding hydrogens is 282 g/mol. The molecule has 1 aliphatic heterocycles. The van der Waals surface area contributed by atoms with Gasteiger partial charge in [-0.15, -0.1) is 11.3 Å². The smallest absolute Gasteiger partial charge is 0.267 e. The van der Waals surface area contributed by atoms with E-state index in [4.69, 9.17) is 0 Å². The van der Waals surface area contributed by atoms with E-state index in [0.29, 0.717) is 4.88 Å². The van der Waals surface area contributed by atoms with Crippen LogP contribution in [0.25, 0.3) is 0 Å². The van der Waals surface area contributed by atoms with E-state index in [1.165, 1.54) is 22.6 Å². The Bertz CT molecular complexity index is 665. The topological polar surface area (TPSA) is 45.2 Å². The number of likely N-dealkylation sites (N-methyl/N-ethyl adjacent to an activating group) is 1. The molecule has 0 aliphatic carbocycles. The van der Waals surface area contributed by atoms with E-state index in [0.717, 1.165) is 36.5 Å². The van der Waals surface area contributed by atoms with Crippen LogP contribution < -0.4 is 10.2 Å². The van der Waals surface area contributed by atoms with Crippen LogP contribution in [0.1, 0.15) is 33.6 Å². The Morgan fingerprint density at radius 1 is 1.48 bits per heavy atom. The molecule has 0 unspecified atom stereocenters. The summed E-state index contributed by atoms with van der Waals surface area (Å²) in [6, 6.07) is 6.13. The number of aryl methyl sites for hydroxylation is 1. The third kappa shape index (κ3) is 2.93. The van der Waals surface area contributed by atoms with Crippen LogP contribution in [0.15, 0.2) is 24.4 Å². The predicted octanol–water partition coefficient (Wildman–Crippen LogP) is 3.34. The van der Waals surface area contributed by atoms with E-state index in [1.54, 1.807) is 6.20 Å². The number of rotatable bonds is 4. The number of hydrogen-bond donors (Lipinski definition) is 1. The van der Waals surface area contributed by atoms with Gasteiger partial charge in [-0.05, 0) is 37.0 Å². The van der Waals surface area contributed by atoms with E-state index >= 15 is 0 Å². The third-order valence-corrected chi connectivity index (χ3v) is 4.77. The largest absolute Gasteiger partial charge is 0.374 e. The zero-order chi connectivity index (χ0) is 14.8. The van der Waals surface area contributed by atoms with Crippen LogP contribution in [0, 0.1) is 0 Å². The number of aromatic nitrogens is 1. The van der Waals surface area contributed by atoms with Gasteiger partial charge in [0.15, 0.2) is 0 Å². The maximum Gasteiger partial charge on any atom is 0.267 e. The van der Waals surface area contributed by atoms with Crippen molar-refractivity contribution in [2.45, 2.75) is 26.2 Å². The van der Waals surface area contributed by atoms with Gasteiger partial charge in [0, 0.05) is 25.0 Å². The van der Waals surface area contributed by atoms with Crippen molar-refractivity contribution in [2.75, 3.05) is 23.8 Å². The molecule has 4 nitrogen and oxygen atoms in total. The Hall–Kier alpha value is -1.88. The number of benzene rings is 1. The highest BCUT2D eigenvalue weighted by Gasteiger charge is 2.17. The summed E-state index contributed by atoms with van der Waals surface area (Å²) >= 11 is 1.48. The van der Waals surface area contributed by atoms with Crippen LogP contribution in [-0.2, 0) is 12.8 Å². The fraction of sp³-hybridized carbons (Fsp3) is 0.375. The minimum Gasteiger partial charge on any atom is -0.374 e. The van der Waals surface area contributed by atoms with Gasteiger partial charge in [0.2, 0.25) is 0 Å². The number of nitrogens with zero attached hydrogens (tertiary/aromatic N) is 2. The van der Waals surface area contributed by atoms with Gasteiger partial charge >= 0.3 is 0 Å². The summed E-state index contributed by atoms with van der Waals surface area (Å²) in [5.74, 6) is -0.0737. The van der Waals surface area contributed by atoms with Crippen molar-refractivity contribution in [1.82, 2.24) is 4.98 Å². The Morgan fingerprint density at radius 3 is 3.14 bits per heavy atom. The molecule has 110 valence electrons. The Labute approximate surface area is 128 Å². The van der Waals surface area contributed by atoms with Crippen LogP contribution in [0.4, 0.5) is 11.4 Å². The van der Waals surface area contributed by atoms with Gasteiger partial charge in [-0.1, -0.05) is 13.0 Å². The summed E-state index contributed by atoms with van der Waals surface area (Å²) in [4.78, 5) is 19.4. The molecule has 0 saturated carbocycles. The van der Waals surface area contributed by atoms with Crippen LogP contribution in [0.2, 0.25) is 0 Å². The first-order chi connectivity index (χ1) is 10.2. The van der Waals surface area contributed by atoms with Crippen molar-refractivity contribution in [3.63, 3.8) is 0 Å². The summed E-state index contributed by atoms with van der Waals surface area (Å²) in [7, 11) is 2.08. The molecule has 0 fully saturated rings. The quantitative estimate of drug-likeness (QED) is 0.942. The van der Waals surface area contributed by atoms with Crippen molar-refractivity contribution in [2.24, 2.45) is 0 Å². The van der Waals surface area contributed by atoms with Crippen LogP contribution >= 0.6 is 11.3 Å². The summed E-state index contributed by atoms with van der Waals surface area (Å²) in [6.45, 7) is 3.16. The number of fused-ring (bicyclic) bond motifs is 1. The number of anilines is 2. The second-order valence-electron chi connectivity index (χ2n) is 5.34. The average molecular weight is 301 g/mol. The number of carbonyl (C=O) groups is 1. The molecule has 0 spiro atoms. The molecule has 1 aromatic heterocycles. The van der Waals surface area contributed by atoms with E-state index in [1.807, 2.05) is 12.1 Å². The minimum atomic E-state index is -0.0737. The molecule has 0 radical (unpaired) electrons. The molecular formula is C16H19N3OS. The van der Waals surface area contributed by atoms with Gasteiger partial charge in [-0.3, -0.25) is 4.79 Å². The molecule has 0 atom stereocenters. The molecule has 0 bridgehead atoms. The first kappa shape index (κ1) is 14.1.